The molecule has 6 heterocycles. The maximum absolute atomic E-state index is 14.7. The molecule has 2 atom stereocenters. The number of ether oxygens (including phenoxy) is 2. The van der Waals surface area contributed by atoms with Crippen molar-refractivity contribution in [3.05, 3.63) is 96.3 Å². The molecular weight excluding hydrogens is 907 g/mol. The minimum Gasteiger partial charge on any atom is -0.472 e. The van der Waals surface area contributed by atoms with Gasteiger partial charge < -0.3 is 49.1 Å². The van der Waals surface area contributed by atoms with Crippen molar-refractivity contribution in [2.24, 2.45) is 0 Å². The van der Waals surface area contributed by atoms with Crippen LogP contribution in [0.5, 0.6) is 0 Å². The number of halogens is 2. The van der Waals surface area contributed by atoms with E-state index in [1.807, 2.05) is 21.6 Å². The molecule has 2 amide bonds. The van der Waals surface area contributed by atoms with E-state index in [2.05, 4.69) is 15.5 Å². The lowest BCUT2D eigenvalue weighted by molar-refractivity contribution is -0.231. The first-order valence-electron chi connectivity index (χ1n) is 19.3. The van der Waals surface area contributed by atoms with Crippen LogP contribution in [0.15, 0.2) is 82.4 Å². The van der Waals surface area contributed by atoms with Gasteiger partial charge in [-0.25, -0.2) is 23.2 Å². The number of nitrogens with one attached hydrogen (secondary N) is 2. The molecule has 0 saturated carbocycles. The third-order valence-electron chi connectivity index (χ3n) is 9.78. The van der Waals surface area contributed by atoms with E-state index in [0.717, 1.165) is 42.6 Å². The van der Waals surface area contributed by atoms with E-state index in [9.17, 15) is 27.4 Å². The van der Waals surface area contributed by atoms with E-state index < -0.39 is 40.9 Å². The zero-order valence-electron chi connectivity index (χ0n) is 33.9. The Hall–Kier alpha value is -5.33. The second-order valence-electron chi connectivity index (χ2n) is 14.0. The number of hydrogen-bond acceptors (Lipinski definition) is 15. The van der Waals surface area contributed by atoms with Crippen LogP contribution in [0.2, 0.25) is 0 Å². The predicted octanol–water partition coefficient (Wildman–Crippen LogP) is 4.74. The molecular formula is C40H46F2N6O11S4. The molecule has 17 nitrogen and oxygen atoms in total. The Kier molecular flexibility index (Phi) is 18.1. The molecule has 0 unspecified atom stereocenters. The number of nitrogens with zero attached hydrogens (tertiary/aromatic N) is 4. The van der Waals surface area contributed by atoms with Crippen LogP contribution >= 0.6 is 36.2 Å². The number of rotatable bonds is 10. The van der Waals surface area contributed by atoms with E-state index in [1.165, 1.54) is 34.5 Å². The largest absolute Gasteiger partial charge is 0.472 e. The molecule has 4 aliphatic rings. The summed E-state index contributed by atoms with van der Waals surface area (Å²) < 4.78 is 61.6. The molecule has 5 N–H and O–H groups in total. The van der Waals surface area contributed by atoms with Gasteiger partial charge in [-0.1, -0.05) is 24.4 Å². The lowest BCUT2D eigenvalue weighted by Crippen LogP contribution is -2.38. The number of thiocarbonyl (C=S) groups is 2. The molecule has 4 aliphatic heterocycles. The first-order chi connectivity index (χ1) is 29.9. The number of furan rings is 2. The number of hydrogen-bond donors (Lipinski definition) is 3. The van der Waals surface area contributed by atoms with Gasteiger partial charge in [-0.3, -0.25) is 14.0 Å². The SMILES string of the molecule is CC(=O)OO.O.O=C1O[C@@H](CNC(=S)c2ccoc2)CN1c1ccc(N2CCS(=O)CC2)c(F)c1.O=C1O[C@@H](CNC(=S)c2ccoc2)CN1c1ccc(N2CCSCC2)c(F)c1. The van der Waals surface area contributed by atoms with E-state index >= 15 is 0 Å². The number of thioether (sulfide) groups is 1. The maximum Gasteiger partial charge on any atom is 0.414 e. The summed E-state index contributed by atoms with van der Waals surface area (Å²) in [7, 11) is -0.826. The normalized spacial score (nSPS) is 18.5. The summed E-state index contributed by atoms with van der Waals surface area (Å²) in [6, 6.07) is 13.1. The summed E-state index contributed by atoms with van der Waals surface area (Å²) in [4.78, 5) is 44.8. The molecule has 0 bridgehead atoms. The fraction of sp³-hybridized carbons (Fsp3) is 0.375. The monoisotopic (exact) mass is 952 g/mol. The van der Waals surface area contributed by atoms with Crippen LogP contribution in [0.3, 0.4) is 0 Å². The van der Waals surface area contributed by atoms with Crippen molar-refractivity contribution in [2.45, 2.75) is 19.1 Å². The first kappa shape index (κ1) is 48.7. The van der Waals surface area contributed by atoms with Crippen LogP contribution in [-0.4, -0.2) is 131 Å². The van der Waals surface area contributed by atoms with Gasteiger partial charge in [0, 0.05) is 78.0 Å². The topological polar surface area (TPSA) is 211 Å². The average Bonchev–Trinajstić information content (AvgIpc) is 4.12. The predicted molar refractivity (Wildman–Crippen MR) is 242 cm³/mol. The van der Waals surface area contributed by atoms with Gasteiger partial charge in [0.1, 0.15) is 46.3 Å². The molecule has 4 fully saturated rings. The second-order valence-corrected chi connectivity index (χ2v) is 17.7. The van der Waals surface area contributed by atoms with Crippen LogP contribution in [0.4, 0.5) is 41.1 Å². The smallest absolute Gasteiger partial charge is 0.414 e. The van der Waals surface area contributed by atoms with Crippen molar-refractivity contribution >= 4 is 97.9 Å². The highest BCUT2D eigenvalue weighted by Gasteiger charge is 2.34. The maximum atomic E-state index is 14.7. The Bertz CT molecular complexity index is 2210. The number of anilines is 4. The Morgan fingerprint density at radius 1 is 0.794 bits per heavy atom. The third kappa shape index (κ3) is 13.3. The summed E-state index contributed by atoms with van der Waals surface area (Å²) in [5.74, 6) is 1.64. The number of carbonyl (C=O) groups is 3. The lowest BCUT2D eigenvalue weighted by Gasteiger charge is -2.29. The number of carbonyl (C=O) groups excluding carboxylic acids is 3. The fourth-order valence-corrected chi connectivity index (χ4v) is 8.96. The van der Waals surface area contributed by atoms with Gasteiger partial charge in [0.25, 0.3) is 0 Å². The molecule has 0 spiro atoms. The fourth-order valence-electron chi connectivity index (χ4n) is 6.61. The van der Waals surface area contributed by atoms with Crippen LogP contribution in [0.1, 0.15) is 18.1 Å². The number of cyclic esters (lactones) is 2. The van der Waals surface area contributed by atoms with Crippen LogP contribution in [-0.2, 0) is 30.0 Å². The molecule has 2 aromatic carbocycles. The summed E-state index contributed by atoms with van der Waals surface area (Å²) in [5.41, 5.74) is 3.50. The Morgan fingerprint density at radius 3 is 1.60 bits per heavy atom. The molecule has 340 valence electrons. The molecule has 0 radical (unpaired) electrons. The van der Waals surface area contributed by atoms with Crippen LogP contribution in [0, 0.1) is 11.6 Å². The number of amides is 2. The van der Waals surface area contributed by atoms with Gasteiger partial charge in [0.2, 0.25) is 0 Å². The molecule has 8 rings (SSSR count). The molecule has 2 aromatic heterocycles. The van der Waals surface area contributed by atoms with Crippen molar-refractivity contribution in [1.29, 1.82) is 0 Å². The Balaban J connectivity index is 0.000000212. The highest BCUT2D eigenvalue weighted by Crippen LogP contribution is 2.30. The lowest BCUT2D eigenvalue weighted by atomic mass is 10.2. The van der Waals surface area contributed by atoms with Gasteiger partial charge >= 0.3 is 18.2 Å². The van der Waals surface area contributed by atoms with Gasteiger partial charge in [0.15, 0.2) is 0 Å². The van der Waals surface area contributed by atoms with Gasteiger partial charge in [0.05, 0.1) is 61.5 Å². The zero-order chi connectivity index (χ0) is 44.2. The molecule has 4 saturated heterocycles. The van der Waals surface area contributed by atoms with Crippen molar-refractivity contribution in [1.82, 2.24) is 10.6 Å². The first-order valence-corrected chi connectivity index (χ1v) is 22.8. The van der Waals surface area contributed by atoms with Crippen molar-refractivity contribution < 1.29 is 61.3 Å². The minimum absolute atomic E-state index is 0. The Morgan fingerprint density at radius 2 is 1.22 bits per heavy atom. The molecule has 4 aromatic rings. The average molecular weight is 953 g/mol. The van der Waals surface area contributed by atoms with Crippen LogP contribution in [0.25, 0.3) is 0 Å². The third-order valence-corrected chi connectivity index (χ3v) is 12.8. The standard InChI is InChI=1S/C19H20FN3O4S2.C19H20FN3O3S2.C2H4O3.H2O/c20-16-9-14(1-2-17(16)22-4-7-29(25)8-5-22)23-11-15(27-19(23)24)10-21-18(28)13-3-6-26-12-13;20-16-9-14(1-2-17(16)22-4-7-28-8-5-22)23-11-15(26-19(23)24)10-21-18(27)13-3-6-25-12-13;1-2(3)5-4;/h1-3,6,9,12,15H,4-5,7-8,10-11H2,(H,21,28);1-3,6,9,12,15H,4-5,7-8,10-11H2,(H,21,27);4H,1H3;1H2/t2*15-;;/m00../s1. The summed E-state index contributed by atoms with van der Waals surface area (Å²) in [5, 5.41) is 13.4. The number of benzene rings is 2. The molecule has 0 aliphatic carbocycles. The van der Waals surface area contributed by atoms with Gasteiger partial charge in [-0.2, -0.15) is 17.0 Å². The van der Waals surface area contributed by atoms with Gasteiger partial charge in [-0.05, 0) is 48.5 Å². The van der Waals surface area contributed by atoms with Crippen molar-refractivity contribution in [3.8, 4) is 0 Å². The Labute approximate surface area is 378 Å². The van der Waals surface area contributed by atoms with E-state index in [0.29, 0.717) is 83.5 Å². The summed E-state index contributed by atoms with van der Waals surface area (Å²) in [6.07, 6.45) is 4.37. The highest BCUT2D eigenvalue weighted by molar-refractivity contribution is 7.99. The van der Waals surface area contributed by atoms with E-state index in [1.54, 1.807) is 48.9 Å². The molecule has 23 heteroatoms. The van der Waals surface area contributed by atoms with Gasteiger partial charge in [-0.15, -0.1) is 0 Å². The van der Waals surface area contributed by atoms with Crippen molar-refractivity contribution in [2.75, 3.05) is 95.0 Å². The summed E-state index contributed by atoms with van der Waals surface area (Å²) in [6.45, 7) is 5.22. The minimum atomic E-state index is -0.826. The second kappa shape index (κ2) is 23.4. The zero-order valence-corrected chi connectivity index (χ0v) is 37.1. The van der Waals surface area contributed by atoms with Crippen LogP contribution < -0.4 is 30.2 Å². The quantitative estimate of drug-likeness (QED) is 0.0849. The van der Waals surface area contributed by atoms with E-state index in [-0.39, 0.29) is 17.4 Å². The summed E-state index contributed by atoms with van der Waals surface area (Å²) >= 11 is 12.4. The van der Waals surface area contributed by atoms with E-state index in [4.69, 9.17) is 48.0 Å². The van der Waals surface area contributed by atoms with Crippen molar-refractivity contribution in [3.63, 3.8) is 0 Å². The molecule has 63 heavy (non-hydrogen) atoms. The highest BCUT2D eigenvalue weighted by atomic mass is 32.2.